The van der Waals surface area contributed by atoms with Crippen molar-refractivity contribution < 1.29 is 19.0 Å². The molecule has 1 saturated heterocycles. The lowest BCUT2D eigenvalue weighted by Crippen LogP contribution is -2.45. The van der Waals surface area contributed by atoms with Crippen LogP contribution in [0.15, 0.2) is 18.2 Å². The van der Waals surface area contributed by atoms with E-state index in [1.807, 2.05) is 23.1 Å². The number of hydrogen-bond donors (Lipinski definition) is 1. The first-order chi connectivity index (χ1) is 10.7. The third-order valence-electron chi connectivity index (χ3n) is 4.15. The Balaban J connectivity index is 1.79. The van der Waals surface area contributed by atoms with Crippen molar-refractivity contribution >= 4 is 5.91 Å². The number of carbonyl (C=O) groups excluding carboxylic acids is 1. The van der Waals surface area contributed by atoms with E-state index in [4.69, 9.17) is 19.9 Å². The second-order valence-corrected chi connectivity index (χ2v) is 5.65. The van der Waals surface area contributed by atoms with Crippen molar-refractivity contribution in [2.24, 2.45) is 5.73 Å². The van der Waals surface area contributed by atoms with Crippen LogP contribution in [0.3, 0.4) is 0 Å². The normalized spacial score (nSPS) is 21.7. The molecule has 2 heterocycles. The largest absolute Gasteiger partial charge is 0.486 e. The van der Waals surface area contributed by atoms with Gasteiger partial charge in [0.1, 0.15) is 19.3 Å². The Labute approximate surface area is 130 Å². The summed E-state index contributed by atoms with van der Waals surface area (Å²) < 4.78 is 16.2. The molecule has 0 bridgehead atoms. The van der Waals surface area contributed by atoms with Crippen LogP contribution < -0.4 is 15.2 Å². The number of carbonyl (C=O) groups is 1. The summed E-state index contributed by atoms with van der Waals surface area (Å²) in [5.41, 5.74) is 6.97. The lowest BCUT2D eigenvalue weighted by Gasteiger charge is -2.28. The fourth-order valence-electron chi connectivity index (χ4n) is 3.11. The molecule has 0 radical (unpaired) electrons. The molecule has 120 valence electrons. The van der Waals surface area contributed by atoms with Gasteiger partial charge in [0.15, 0.2) is 11.5 Å². The number of ether oxygens (including phenoxy) is 3. The predicted molar refractivity (Wildman–Crippen MR) is 81.0 cm³/mol. The second-order valence-electron chi connectivity index (χ2n) is 5.65. The van der Waals surface area contributed by atoms with Crippen molar-refractivity contribution in [1.82, 2.24) is 4.90 Å². The summed E-state index contributed by atoms with van der Waals surface area (Å²) in [7, 11) is 1.55. The van der Waals surface area contributed by atoms with E-state index in [0.717, 1.165) is 36.4 Å². The Kier molecular flexibility index (Phi) is 4.49. The number of benzene rings is 1. The van der Waals surface area contributed by atoms with E-state index in [1.54, 1.807) is 7.11 Å². The van der Waals surface area contributed by atoms with E-state index in [0.29, 0.717) is 13.2 Å². The summed E-state index contributed by atoms with van der Waals surface area (Å²) in [6, 6.07) is 5.34. The maximum Gasteiger partial charge on any atom is 0.242 e. The topological polar surface area (TPSA) is 74.0 Å². The van der Waals surface area contributed by atoms with E-state index in [-0.39, 0.29) is 18.6 Å². The Hall–Kier alpha value is -1.79. The maximum absolute atomic E-state index is 12.5. The first-order valence-corrected chi connectivity index (χ1v) is 7.65. The molecule has 2 unspecified atom stereocenters. The number of hydrogen-bond acceptors (Lipinski definition) is 5. The third kappa shape index (κ3) is 2.89. The number of amides is 1. The molecule has 2 N–H and O–H groups in total. The molecule has 3 rings (SSSR count). The van der Waals surface area contributed by atoms with Crippen LogP contribution in [0.25, 0.3) is 0 Å². The quantitative estimate of drug-likeness (QED) is 0.901. The van der Waals surface area contributed by atoms with Crippen molar-refractivity contribution in [2.75, 3.05) is 33.5 Å². The van der Waals surface area contributed by atoms with E-state index >= 15 is 0 Å². The summed E-state index contributed by atoms with van der Waals surface area (Å²) in [5.74, 6) is 1.46. The fraction of sp³-hybridized carbons (Fsp3) is 0.562. The zero-order valence-electron chi connectivity index (χ0n) is 12.8. The van der Waals surface area contributed by atoms with Gasteiger partial charge in [-0.15, -0.1) is 0 Å². The van der Waals surface area contributed by atoms with Gasteiger partial charge < -0.3 is 24.8 Å². The van der Waals surface area contributed by atoms with Crippen molar-refractivity contribution in [3.63, 3.8) is 0 Å². The number of nitrogens with zero attached hydrogens (tertiary/aromatic N) is 1. The molecule has 6 nitrogen and oxygen atoms in total. The summed E-state index contributed by atoms with van der Waals surface area (Å²) in [6.07, 6.45) is 1.91. The molecule has 1 fully saturated rings. The minimum Gasteiger partial charge on any atom is -0.486 e. The maximum atomic E-state index is 12.5. The highest BCUT2D eigenvalue weighted by molar-refractivity contribution is 5.82. The first kappa shape index (κ1) is 15.1. The zero-order chi connectivity index (χ0) is 15.5. The third-order valence-corrected chi connectivity index (χ3v) is 4.15. The van der Waals surface area contributed by atoms with Crippen molar-refractivity contribution in [1.29, 1.82) is 0 Å². The van der Waals surface area contributed by atoms with Gasteiger partial charge in [0, 0.05) is 13.7 Å². The van der Waals surface area contributed by atoms with Crippen molar-refractivity contribution in [2.45, 2.75) is 24.9 Å². The van der Waals surface area contributed by atoms with Gasteiger partial charge in [0.2, 0.25) is 5.91 Å². The van der Waals surface area contributed by atoms with E-state index in [1.165, 1.54) is 0 Å². The minimum absolute atomic E-state index is 0.0474. The lowest BCUT2D eigenvalue weighted by atomic mass is 10.0. The molecule has 2 atom stereocenters. The highest BCUT2D eigenvalue weighted by Crippen LogP contribution is 2.38. The molecule has 6 heteroatoms. The smallest absolute Gasteiger partial charge is 0.242 e. The molecule has 1 aromatic carbocycles. The van der Waals surface area contributed by atoms with Crippen LogP contribution in [0.1, 0.15) is 24.4 Å². The molecule has 0 aliphatic carbocycles. The zero-order valence-corrected chi connectivity index (χ0v) is 12.8. The van der Waals surface area contributed by atoms with E-state index < -0.39 is 6.04 Å². The predicted octanol–water partition coefficient (Wildman–Crippen LogP) is 1.09. The van der Waals surface area contributed by atoms with Gasteiger partial charge in [-0.3, -0.25) is 4.79 Å². The van der Waals surface area contributed by atoms with E-state index in [2.05, 4.69) is 0 Å². The van der Waals surface area contributed by atoms with Gasteiger partial charge in [-0.1, -0.05) is 6.07 Å². The highest BCUT2D eigenvalue weighted by Gasteiger charge is 2.33. The standard InChI is InChI=1S/C16H22N2O4/c1-20-10-12(17)16(19)18-6-2-3-13(18)11-4-5-14-15(9-11)22-8-7-21-14/h4-5,9,12-13H,2-3,6-8,10,17H2,1H3. The number of methoxy groups -OCH3 is 1. The Morgan fingerprint density at radius 2 is 2.18 bits per heavy atom. The summed E-state index contributed by atoms with van der Waals surface area (Å²) in [6.45, 7) is 2.10. The molecule has 0 saturated carbocycles. The summed E-state index contributed by atoms with van der Waals surface area (Å²) in [5, 5.41) is 0. The molecule has 2 aliphatic heterocycles. The van der Waals surface area contributed by atoms with E-state index in [9.17, 15) is 4.79 Å². The van der Waals surface area contributed by atoms with Crippen LogP contribution in [0.5, 0.6) is 11.5 Å². The van der Waals surface area contributed by atoms with Crippen molar-refractivity contribution in [3.8, 4) is 11.5 Å². The number of fused-ring (bicyclic) bond motifs is 1. The molecule has 1 amide bonds. The summed E-state index contributed by atoms with van der Waals surface area (Å²) >= 11 is 0. The molecule has 0 aromatic heterocycles. The molecular weight excluding hydrogens is 284 g/mol. The molecule has 0 spiro atoms. The van der Waals surface area contributed by atoms with Gasteiger partial charge in [0.05, 0.1) is 12.6 Å². The lowest BCUT2D eigenvalue weighted by molar-refractivity contribution is -0.134. The number of likely N-dealkylation sites (tertiary alicyclic amines) is 1. The SMILES string of the molecule is COCC(N)C(=O)N1CCCC1c1ccc2c(c1)OCCO2. The van der Waals surface area contributed by atoms with Crippen LogP contribution in [-0.4, -0.2) is 50.3 Å². The van der Waals surface area contributed by atoms with Gasteiger partial charge >= 0.3 is 0 Å². The van der Waals surface area contributed by atoms with Gasteiger partial charge in [-0.25, -0.2) is 0 Å². The van der Waals surface area contributed by atoms with Crippen LogP contribution in [0.4, 0.5) is 0 Å². The molecule has 2 aliphatic rings. The Morgan fingerprint density at radius 1 is 1.41 bits per heavy atom. The first-order valence-electron chi connectivity index (χ1n) is 7.65. The molecule has 1 aromatic rings. The highest BCUT2D eigenvalue weighted by atomic mass is 16.6. The second kappa shape index (κ2) is 6.54. The van der Waals surface area contributed by atoms with Crippen LogP contribution >= 0.6 is 0 Å². The van der Waals surface area contributed by atoms with Gasteiger partial charge in [-0.05, 0) is 30.5 Å². The van der Waals surface area contributed by atoms with Crippen LogP contribution in [-0.2, 0) is 9.53 Å². The number of rotatable bonds is 4. The number of nitrogens with two attached hydrogens (primary N) is 1. The average molecular weight is 306 g/mol. The average Bonchev–Trinajstić information content (AvgIpc) is 3.03. The van der Waals surface area contributed by atoms with Crippen molar-refractivity contribution in [3.05, 3.63) is 23.8 Å². The van der Waals surface area contributed by atoms with Gasteiger partial charge in [-0.2, -0.15) is 0 Å². The van der Waals surface area contributed by atoms with Crippen LogP contribution in [0.2, 0.25) is 0 Å². The Bertz CT molecular complexity index is 549. The summed E-state index contributed by atoms with van der Waals surface area (Å²) in [4.78, 5) is 14.3. The van der Waals surface area contributed by atoms with Crippen LogP contribution in [0, 0.1) is 0 Å². The van der Waals surface area contributed by atoms with Gasteiger partial charge in [0.25, 0.3) is 0 Å². The molecular formula is C16H22N2O4. The Morgan fingerprint density at radius 3 is 2.95 bits per heavy atom. The monoisotopic (exact) mass is 306 g/mol. The fourth-order valence-corrected chi connectivity index (χ4v) is 3.11. The molecule has 22 heavy (non-hydrogen) atoms. The minimum atomic E-state index is -0.609.